The van der Waals surface area contributed by atoms with E-state index in [1.807, 2.05) is 6.92 Å². The van der Waals surface area contributed by atoms with Crippen LogP contribution in [0.5, 0.6) is 0 Å². The van der Waals surface area contributed by atoms with Gasteiger partial charge in [0.15, 0.2) is 0 Å². The summed E-state index contributed by atoms with van der Waals surface area (Å²) in [6.07, 6.45) is 6.66. The lowest BCUT2D eigenvalue weighted by Gasteiger charge is -2.25. The van der Waals surface area contributed by atoms with Gasteiger partial charge in [-0.2, -0.15) is 0 Å². The third kappa shape index (κ3) is 6.16. The van der Waals surface area contributed by atoms with Crippen LogP contribution in [0.15, 0.2) is 0 Å². The number of carbonyl (C=O) groups excluding carboxylic acids is 1. The largest absolute Gasteiger partial charge is 0.393 e. The van der Waals surface area contributed by atoms with Gasteiger partial charge in [-0.15, -0.1) is 0 Å². The van der Waals surface area contributed by atoms with Crippen LogP contribution >= 0.6 is 0 Å². The van der Waals surface area contributed by atoms with Crippen LogP contribution in [0.25, 0.3) is 0 Å². The fourth-order valence-electron chi connectivity index (χ4n) is 1.26. The van der Waals surface area contributed by atoms with Crippen molar-refractivity contribution in [1.29, 1.82) is 0 Å². The highest BCUT2D eigenvalue weighted by atomic mass is 16.3. The van der Waals surface area contributed by atoms with Crippen LogP contribution in [0.3, 0.4) is 0 Å². The molecule has 1 saturated carbocycles. The Labute approximate surface area is 74.0 Å². The van der Waals surface area contributed by atoms with Crippen LogP contribution in [-0.2, 0) is 4.79 Å². The molecule has 1 fully saturated rings. The Balaban J connectivity index is 0.000000354. The van der Waals surface area contributed by atoms with Crippen LogP contribution in [0.4, 0.5) is 0 Å². The quantitative estimate of drug-likeness (QED) is 0.626. The van der Waals surface area contributed by atoms with Gasteiger partial charge in [0.25, 0.3) is 0 Å². The number of amides is 1. The van der Waals surface area contributed by atoms with Crippen molar-refractivity contribution in [3.8, 4) is 0 Å². The summed E-state index contributed by atoms with van der Waals surface area (Å²) >= 11 is 0. The molecule has 72 valence electrons. The van der Waals surface area contributed by atoms with Crippen molar-refractivity contribution >= 4 is 6.41 Å². The van der Waals surface area contributed by atoms with Crippen molar-refractivity contribution in [3.63, 3.8) is 0 Å². The molecule has 3 N–H and O–H groups in total. The molecule has 0 bridgehead atoms. The van der Waals surface area contributed by atoms with Crippen molar-refractivity contribution in [1.82, 2.24) is 0 Å². The number of rotatable bonds is 3. The molecule has 0 aromatic carbocycles. The summed E-state index contributed by atoms with van der Waals surface area (Å²) in [7, 11) is 0. The molecule has 1 aliphatic rings. The first kappa shape index (κ1) is 11.4. The summed E-state index contributed by atoms with van der Waals surface area (Å²) in [4.78, 5) is 8.58. The van der Waals surface area contributed by atoms with Crippen molar-refractivity contribution in [2.75, 3.05) is 0 Å². The Morgan fingerprint density at radius 1 is 1.67 bits per heavy atom. The van der Waals surface area contributed by atoms with E-state index in [-0.39, 0.29) is 12.5 Å². The van der Waals surface area contributed by atoms with E-state index >= 15 is 0 Å². The fraction of sp³-hybridized carbons (Fsp3) is 0.889. The highest BCUT2D eigenvalue weighted by molar-refractivity contribution is 5.42. The van der Waals surface area contributed by atoms with Gasteiger partial charge in [-0.1, -0.05) is 19.3 Å². The smallest absolute Gasteiger partial charge is 0.204 e. The molecule has 12 heavy (non-hydrogen) atoms. The first-order valence-electron chi connectivity index (χ1n) is 4.54. The summed E-state index contributed by atoms with van der Waals surface area (Å²) in [6, 6.07) is 0. The SMILES string of the molecule is CC(O)CCC1CCC1.NC=O. The molecule has 0 radical (unpaired) electrons. The van der Waals surface area contributed by atoms with Gasteiger partial charge in [0.1, 0.15) is 0 Å². The lowest BCUT2D eigenvalue weighted by Crippen LogP contribution is -2.13. The van der Waals surface area contributed by atoms with E-state index in [4.69, 9.17) is 9.90 Å². The molecule has 0 aromatic rings. The molecular weight excluding hydrogens is 154 g/mol. The normalized spacial score (nSPS) is 18.5. The van der Waals surface area contributed by atoms with Crippen molar-refractivity contribution in [3.05, 3.63) is 0 Å². The van der Waals surface area contributed by atoms with E-state index in [2.05, 4.69) is 5.73 Å². The molecule has 0 saturated heterocycles. The molecule has 1 atom stereocenters. The highest BCUT2D eigenvalue weighted by Gasteiger charge is 2.16. The van der Waals surface area contributed by atoms with Gasteiger partial charge in [-0.05, 0) is 25.7 Å². The van der Waals surface area contributed by atoms with Gasteiger partial charge in [0, 0.05) is 0 Å². The summed E-state index contributed by atoms with van der Waals surface area (Å²) in [5.74, 6) is 0.958. The van der Waals surface area contributed by atoms with Gasteiger partial charge >= 0.3 is 0 Å². The van der Waals surface area contributed by atoms with Crippen LogP contribution in [0.1, 0.15) is 39.0 Å². The minimum Gasteiger partial charge on any atom is -0.393 e. The minimum atomic E-state index is -0.0781. The average Bonchev–Trinajstić information content (AvgIpc) is 1.84. The minimum absolute atomic E-state index is 0.0781. The van der Waals surface area contributed by atoms with Gasteiger partial charge in [-0.25, -0.2) is 0 Å². The predicted octanol–water partition coefficient (Wildman–Crippen LogP) is 1.05. The summed E-state index contributed by atoms with van der Waals surface area (Å²) in [5, 5.41) is 8.92. The van der Waals surface area contributed by atoms with Gasteiger partial charge in [0.05, 0.1) is 6.10 Å². The topological polar surface area (TPSA) is 63.3 Å². The molecule has 0 spiro atoms. The first-order chi connectivity index (χ1) is 5.70. The molecule has 1 aliphatic carbocycles. The summed E-state index contributed by atoms with van der Waals surface area (Å²) < 4.78 is 0. The molecule has 1 amide bonds. The lowest BCUT2D eigenvalue weighted by molar-refractivity contribution is -0.106. The third-order valence-electron chi connectivity index (χ3n) is 2.22. The van der Waals surface area contributed by atoms with Crippen molar-refractivity contribution in [2.24, 2.45) is 11.7 Å². The Morgan fingerprint density at radius 2 is 2.17 bits per heavy atom. The van der Waals surface area contributed by atoms with E-state index < -0.39 is 0 Å². The van der Waals surface area contributed by atoms with Gasteiger partial charge in [-0.3, -0.25) is 4.79 Å². The van der Waals surface area contributed by atoms with E-state index in [0.29, 0.717) is 0 Å². The highest BCUT2D eigenvalue weighted by Crippen LogP contribution is 2.30. The number of aliphatic hydroxyl groups excluding tert-OH is 1. The maximum absolute atomic E-state index is 8.92. The molecule has 1 unspecified atom stereocenters. The molecule has 3 heteroatoms. The van der Waals surface area contributed by atoms with Crippen molar-refractivity contribution < 1.29 is 9.90 Å². The Kier molecular flexibility index (Phi) is 6.76. The zero-order chi connectivity index (χ0) is 9.40. The number of primary amides is 1. The van der Waals surface area contributed by atoms with Crippen LogP contribution in [0, 0.1) is 5.92 Å². The van der Waals surface area contributed by atoms with Crippen molar-refractivity contribution in [2.45, 2.75) is 45.1 Å². The van der Waals surface area contributed by atoms with E-state index in [1.165, 1.54) is 25.7 Å². The molecule has 0 heterocycles. The van der Waals surface area contributed by atoms with Gasteiger partial charge in [0.2, 0.25) is 6.41 Å². The molecule has 1 rings (SSSR count). The third-order valence-corrected chi connectivity index (χ3v) is 2.22. The molecule has 3 nitrogen and oxygen atoms in total. The Bertz CT molecular complexity index is 111. The second kappa shape index (κ2) is 7.10. The van der Waals surface area contributed by atoms with E-state index in [1.54, 1.807) is 0 Å². The summed E-state index contributed by atoms with van der Waals surface area (Å²) in [6.45, 7) is 1.87. The fourth-order valence-corrected chi connectivity index (χ4v) is 1.26. The monoisotopic (exact) mass is 173 g/mol. The maximum Gasteiger partial charge on any atom is 0.204 e. The number of hydrogen-bond acceptors (Lipinski definition) is 2. The second-order valence-electron chi connectivity index (χ2n) is 3.36. The van der Waals surface area contributed by atoms with Crippen LogP contribution < -0.4 is 5.73 Å². The van der Waals surface area contributed by atoms with E-state index in [9.17, 15) is 0 Å². The number of hydrogen-bond donors (Lipinski definition) is 2. The second-order valence-corrected chi connectivity index (χ2v) is 3.36. The zero-order valence-electron chi connectivity index (χ0n) is 7.70. The maximum atomic E-state index is 8.92. The van der Waals surface area contributed by atoms with Crippen LogP contribution in [0.2, 0.25) is 0 Å². The lowest BCUT2D eigenvalue weighted by atomic mass is 9.82. The van der Waals surface area contributed by atoms with Gasteiger partial charge < -0.3 is 10.8 Å². The first-order valence-corrected chi connectivity index (χ1v) is 4.54. The number of carbonyl (C=O) groups is 1. The van der Waals surface area contributed by atoms with Crippen LogP contribution in [-0.4, -0.2) is 17.6 Å². The summed E-state index contributed by atoms with van der Waals surface area (Å²) in [5.41, 5.74) is 4.17. The zero-order valence-corrected chi connectivity index (χ0v) is 7.70. The Hall–Kier alpha value is -0.570. The standard InChI is InChI=1S/C8H16O.CH3NO/c1-7(9)5-6-8-3-2-4-8;2-1-3/h7-9H,2-6H2,1H3;1H,(H2,2,3). The Morgan fingerprint density at radius 3 is 2.42 bits per heavy atom. The number of aliphatic hydroxyl groups is 1. The molecule has 0 aliphatic heterocycles. The molecule has 0 aromatic heterocycles. The average molecular weight is 173 g/mol. The molecular formula is C9H19NO2. The van der Waals surface area contributed by atoms with E-state index in [0.717, 1.165) is 12.3 Å². The number of nitrogens with two attached hydrogens (primary N) is 1. The predicted molar refractivity (Wildman–Crippen MR) is 48.5 cm³/mol.